The van der Waals surface area contributed by atoms with Crippen molar-refractivity contribution in [2.24, 2.45) is 0 Å². The van der Waals surface area contributed by atoms with Gasteiger partial charge in [-0.05, 0) is 250 Å². The van der Waals surface area contributed by atoms with Crippen molar-refractivity contribution in [1.29, 1.82) is 0 Å². The van der Waals surface area contributed by atoms with Crippen molar-refractivity contribution in [3.63, 3.8) is 0 Å². The summed E-state index contributed by atoms with van der Waals surface area (Å²) in [5.74, 6) is 0. The summed E-state index contributed by atoms with van der Waals surface area (Å²) in [6, 6.07) is 201. The smallest absolute Gasteiger partial charge is 0.0714 e. The van der Waals surface area contributed by atoms with Gasteiger partial charge in [0.05, 0.1) is 21.7 Å². The molecule has 0 fully saturated rings. The van der Waals surface area contributed by atoms with Gasteiger partial charge in [-0.3, -0.25) is 0 Å². The number of fused-ring (bicyclic) bond motifs is 14. The van der Waals surface area contributed by atoms with Crippen LogP contribution in [-0.2, 0) is 21.7 Å². The Balaban J connectivity index is 0.000000129. The van der Waals surface area contributed by atoms with Crippen molar-refractivity contribution in [3.05, 3.63) is 639 Å². The highest BCUT2D eigenvalue weighted by Crippen LogP contribution is 2.64. The van der Waals surface area contributed by atoms with Crippen LogP contribution in [-0.4, -0.2) is 8.41 Å². The Morgan fingerprint density at radius 1 is 0.169 bits per heavy atom. The number of nitrogens with zero attached hydrogens (tertiary/aromatic N) is 1. The van der Waals surface area contributed by atoms with Gasteiger partial charge in [-0.25, -0.2) is 0 Å². The van der Waals surface area contributed by atoms with Crippen molar-refractivity contribution >= 4 is 74.3 Å². The van der Waals surface area contributed by atoms with Crippen molar-refractivity contribution in [2.45, 2.75) is 21.7 Å². The predicted octanol–water partition coefficient (Wildman–Crippen LogP) is 33.7. The molecule has 3 radical (unpaired) electrons. The van der Waals surface area contributed by atoms with Crippen LogP contribution in [0.3, 0.4) is 0 Å². The lowest BCUT2D eigenvalue weighted by molar-refractivity contribution is 0.742. The van der Waals surface area contributed by atoms with Gasteiger partial charge in [-0.1, -0.05) is 489 Å². The third-order valence-electron chi connectivity index (χ3n) is 28.8. The van der Waals surface area contributed by atoms with Gasteiger partial charge >= 0.3 is 0 Å². The number of benzene rings is 22. The Kier molecular flexibility index (Phi) is 21.7. The molecule has 4 aliphatic rings. The fourth-order valence-corrected chi connectivity index (χ4v) is 23.5. The topological polar surface area (TPSA) is 15.3 Å². The molecule has 2 nitrogen and oxygen atoms in total. The molecule has 0 saturated carbocycles. The summed E-state index contributed by atoms with van der Waals surface area (Å²) in [6.07, 6.45) is 0. The monoisotopic (exact) mass is 1790 g/mol. The van der Waals surface area contributed by atoms with E-state index in [0.717, 1.165) is 32.9 Å². The van der Waals surface area contributed by atoms with Gasteiger partial charge in [0, 0.05) is 41.3 Å². The van der Waals surface area contributed by atoms with Gasteiger partial charge in [0.25, 0.3) is 0 Å². The van der Waals surface area contributed by atoms with E-state index in [1.807, 2.05) is 18.2 Å². The summed E-state index contributed by atoms with van der Waals surface area (Å²) in [7, 11) is 0. The molecule has 22 aromatic carbocycles. The highest BCUT2D eigenvalue weighted by Gasteiger charge is 2.53. The van der Waals surface area contributed by atoms with Crippen molar-refractivity contribution in [2.75, 3.05) is 10.2 Å². The van der Waals surface area contributed by atoms with E-state index < -0.39 is 21.7 Å². The van der Waals surface area contributed by atoms with Crippen molar-refractivity contribution in [3.8, 4) is 66.8 Å². The summed E-state index contributed by atoms with van der Waals surface area (Å²) in [5, 5.41) is 8.49. The standard InChI is InChI=1S/C66H45N.C44H29Br.C22H17N.B/c1-5-22-48(23-6-1)65(49-24-7-2-8-25-49)63-44-51(66(50-26-9-3-10-27-50)61-34-17-15-31-57(61)58-32-16-18-35-62(58)66)38-42-59(63)60-43-41-54(45-64(60)65)67(52-28-11-4-12-29-52)53-39-36-47(37-40-53)56-33-19-21-46-20-13-14-30-55(46)56;45-34-25-27-38-37-26-24-33(28-41(37)43(42(38)29-34,30-14-4-1-5-15-30)31-16-6-2-7-17-31)44(32-18-8-3-9-19-32)39-22-12-10-20-35(39)36-21-11-13-23-40(36)44;1-2-9-19(10-3-1)23-20-15-13-18(14-16-20)22-12-6-8-17-7-4-5-11-21(17)22;/h1-45H;1-29H;1-16,23H;. The van der Waals surface area contributed by atoms with Crippen molar-refractivity contribution < 1.29 is 0 Å². The molecule has 26 rings (SSSR count). The van der Waals surface area contributed by atoms with Crippen molar-refractivity contribution in [1.82, 2.24) is 0 Å². The molecule has 0 aliphatic heterocycles. The molecule has 4 heteroatoms. The minimum Gasteiger partial charge on any atom is -0.356 e. The predicted molar refractivity (Wildman–Crippen MR) is 572 cm³/mol. The third kappa shape index (κ3) is 13.7. The molecular formula is C132H91BBrN2. The van der Waals surface area contributed by atoms with Crippen LogP contribution in [0.4, 0.5) is 28.4 Å². The molecule has 22 aromatic rings. The number of nitrogens with one attached hydrogen (secondary N) is 1. The Labute approximate surface area is 806 Å². The fraction of sp³-hybridized carbons (Fsp3) is 0.0303. The summed E-state index contributed by atoms with van der Waals surface area (Å²) >= 11 is 3.85. The Morgan fingerprint density at radius 3 is 0.816 bits per heavy atom. The Bertz CT molecular complexity index is 8000. The number of halogens is 1. The summed E-state index contributed by atoms with van der Waals surface area (Å²) in [4.78, 5) is 2.42. The van der Waals surface area contributed by atoms with Crippen LogP contribution in [0.1, 0.15) is 89.0 Å². The van der Waals surface area contributed by atoms with Crippen LogP contribution >= 0.6 is 15.9 Å². The van der Waals surface area contributed by atoms with E-state index in [1.54, 1.807) is 0 Å². The van der Waals surface area contributed by atoms with Crippen LogP contribution in [0.15, 0.2) is 550 Å². The maximum Gasteiger partial charge on any atom is 0.0714 e. The van der Waals surface area contributed by atoms with Crippen LogP contribution in [0.2, 0.25) is 0 Å². The molecule has 0 atom stereocenters. The van der Waals surface area contributed by atoms with Crippen LogP contribution in [0.5, 0.6) is 0 Å². The zero-order chi connectivity index (χ0) is 89.9. The first-order chi connectivity index (χ1) is 66.9. The zero-order valence-electron chi connectivity index (χ0n) is 74.9. The Morgan fingerprint density at radius 2 is 0.426 bits per heavy atom. The number of hydrogen-bond acceptors (Lipinski definition) is 2. The van der Waals surface area contributed by atoms with E-state index in [9.17, 15) is 0 Å². The summed E-state index contributed by atoms with van der Waals surface area (Å²) in [5.41, 5.74) is 39.2. The van der Waals surface area contributed by atoms with Gasteiger partial charge in [0.15, 0.2) is 0 Å². The molecule has 1 N–H and O–H groups in total. The molecule has 136 heavy (non-hydrogen) atoms. The first-order valence-electron chi connectivity index (χ1n) is 46.7. The van der Waals surface area contributed by atoms with Crippen LogP contribution in [0.25, 0.3) is 88.3 Å². The number of rotatable bonds is 15. The van der Waals surface area contributed by atoms with E-state index in [0.29, 0.717) is 0 Å². The highest BCUT2D eigenvalue weighted by molar-refractivity contribution is 9.10. The quantitative estimate of drug-likeness (QED) is 0.103. The lowest BCUT2D eigenvalue weighted by Gasteiger charge is -2.37. The number of para-hydroxylation sites is 2. The first-order valence-corrected chi connectivity index (χ1v) is 47.5. The second kappa shape index (κ2) is 35.2. The molecule has 0 heterocycles. The van der Waals surface area contributed by atoms with Gasteiger partial charge in [-0.15, -0.1) is 0 Å². The van der Waals surface area contributed by atoms with Gasteiger partial charge in [0.2, 0.25) is 0 Å². The van der Waals surface area contributed by atoms with Crippen LogP contribution < -0.4 is 10.2 Å². The second-order valence-electron chi connectivity index (χ2n) is 35.7. The highest BCUT2D eigenvalue weighted by atomic mass is 79.9. The SMILES string of the molecule is Brc1ccc2c(c1)C(c1ccccc1)(c1ccccc1)c1cc(C3(c4ccccc4)c4ccccc4-c4ccccc43)ccc1-2.[B].c1ccc(N(c2ccc(-c3cccc4ccccc34)cc2)c2ccc3c(c2)C(c2ccccc2)(c2ccccc2)c2cc(C4(c5ccccc5)c5ccccc5-c5ccccc54)ccc2-3)cc1.c1ccc(Nc2ccc(-c3cccc4ccccc34)cc2)cc1. The molecule has 0 saturated heterocycles. The van der Waals surface area contributed by atoms with E-state index in [-0.39, 0.29) is 8.41 Å². The fourth-order valence-electron chi connectivity index (χ4n) is 23.2. The molecule has 4 aliphatic carbocycles. The number of anilines is 5. The zero-order valence-corrected chi connectivity index (χ0v) is 76.5. The normalized spacial score (nSPS) is 13.4. The first kappa shape index (κ1) is 83.8. The van der Waals surface area contributed by atoms with Gasteiger partial charge < -0.3 is 10.2 Å². The minimum absolute atomic E-state index is 0. The molecule has 639 valence electrons. The summed E-state index contributed by atoms with van der Waals surface area (Å²) < 4.78 is 1.09. The molecule has 0 aromatic heterocycles. The molecule has 0 amide bonds. The van der Waals surface area contributed by atoms with E-state index in [4.69, 9.17) is 0 Å². The molecular weight excluding hydrogens is 1700 g/mol. The lowest BCUT2D eigenvalue weighted by atomic mass is 9.64. The summed E-state index contributed by atoms with van der Waals surface area (Å²) in [6.45, 7) is 0. The van der Waals surface area contributed by atoms with Crippen LogP contribution in [0, 0.1) is 0 Å². The average molecular weight is 1800 g/mol. The minimum atomic E-state index is -0.644. The lowest BCUT2D eigenvalue weighted by Crippen LogP contribution is -2.31. The van der Waals surface area contributed by atoms with E-state index in [1.165, 1.54) is 177 Å². The maximum absolute atomic E-state index is 3.85. The molecule has 0 unspecified atom stereocenters. The van der Waals surface area contributed by atoms with E-state index >= 15 is 0 Å². The number of hydrogen-bond donors (Lipinski definition) is 1. The molecule has 0 spiro atoms. The van der Waals surface area contributed by atoms with Gasteiger partial charge in [0.1, 0.15) is 0 Å². The maximum atomic E-state index is 3.85. The van der Waals surface area contributed by atoms with E-state index in [2.05, 4.69) is 554 Å². The van der Waals surface area contributed by atoms with Gasteiger partial charge in [-0.2, -0.15) is 0 Å². The largest absolute Gasteiger partial charge is 0.356 e. The Hall–Kier alpha value is -16.5. The third-order valence-corrected chi connectivity index (χ3v) is 29.3. The molecule has 0 bridgehead atoms. The average Bonchev–Trinajstić information content (AvgIpc) is 1.54. The second-order valence-corrected chi connectivity index (χ2v) is 36.6.